The topological polar surface area (TPSA) is 35.2 Å². The number of hydrogen-bond donors (Lipinski definition) is 1. The van der Waals surface area contributed by atoms with Gasteiger partial charge in [-0.1, -0.05) is 44.2 Å². The molecule has 1 rings (SSSR count). The molecule has 0 aromatic heterocycles. The molecular weight excluding hydrogens is 234 g/mol. The molecule has 0 aliphatic rings. The second-order valence-corrected chi connectivity index (χ2v) is 4.81. The van der Waals surface area contributed by atoms with E-state index in [1.807, 2.05) is 13.0 Å². The van der Waals surface area contributed by atoms with Crippen molar-refractivity contribution in [3.8, 4) is 5.75 Å². The molecule has 0 spiro atoms. The molecule has 0 atom stereocenters. The van der Waals surface area contributed by atoms with Gasteiger partial charge in [-0.15, -0.1) is 0 Å². The second kappa shape index (κ2) is 7.44. The van der Waals surface area contributed by atoms with E-state index in [-0.39, 0.29) is 0 Å². The van der Waals surface area contributed by atoms with Gasteiger partial charge in [0.05, 0.1) is 17.3 Å². The molecule has 0 saturated heterocycles. The van der Waals surface area contributed by atoms with E-state index in [2.05, 4.69) is 6.92 Å². The number of hydrogen-bond acceptors (Lipinski definition) is 2. The van der Waals surface area contributed by atoms with Crippen LogP contribution in [0.25, 0.3) is 0 Å². The van der Waals surface area contributed by atoms with Crippen LogP contribution < -0.4 is 10.5 Å². The van der Waals surface area contributed by atoms with Crippen molar-refractivity contribution in [3.63, 3.8) is 0 Å². The smallest absolute Gasteiger partial charge is 0.123 e. The fourth-order valence-electron chi connectivity index (χ4n) is 1.73. The number of anilines is 1. The molecule has 17 heavy (non-hydrogen) atoms. The van der Waals surface area contributed by atoms with Crippen LogP contribution in [-0.4, -0.2) is 6.61 Å². The Morgan fingerprint density at radius 1 is 1.18 bits per heavy atom. The number of unbranched alkanes of at least 4 members (excludes halogenated alkanes) is 4. The highest BCUT2D eigenvalue weighted by Gasteiger charge is 2.04. The van der Waals surface area contributed by atoms with Crippen molar-refractivity contribution in [1.82, 2.24) is 0 Å². The number of benzene rings is 1. The molecule has 0 saturated carbocycles. The zero-order valence-electron chi connectivity index (χ0n) is 10.8. The van der Waals surface area contributed by atoms with Crippen LogP contribution in [0.2, 0.25) is 5.02 Å². The van der Waals surface area contributed by atoms with Gasteiger partial charge in [0, 0.05) is 6.07 Å². The molecule has 0 aliphatic carbocycles. The Bertz CT molecular complexity index is 352. The van der Waals surface area contributed by atoms with Gasteiger partial charge in [-0.25, -0.2) is 0 Å². The zero-order chi connectivity index (χ0) is 12.7. The number of nitrogens with two attached hydrogens (primary N) is 1. The molecule has 2 N–H and O–H groups in total. The Kier molecular flexibility index (Phi) is 6.20. The van der Waals surface area contributed by atoms with Crippen molar-refractivity contribution >= 4 is 17.3 Å². The molecule has 96 valence electrons. The van der Waals surface area contributed by atoms with Crippen LogP contribution in [-0.2, 0) is 0 Å². The summed E-state index contributed by atoms with van der Waals surface area (Å²) in [4.78, 5) is 0. The van der Waals surface area contributed by atoms with Gasteiger partial charge in [0.15, 0.2) is 0 Å². The summed E-state index contributed by atoms with van der Waals surface area (Å²) in [5.74, 6) is 0.847. The molecule has 0 amide bonds. The summed E-state index contributed by atoms with van der Waals surface area (Å²) in [5, 5.41) is 0.566. The third-order valence-corrected chi connectivity index (χ3v) is 3.13. The number of halogens is 1. The van der Waals surface area contributed by atoms with E-state index in [0.717, 1.165) is 24.3 Å². The summed E-state index contributed by atoms with van der Waals surface area (Å²) < 4.78 is 5.71. The van der Waals surface area contributed by atoms with Gasteiger partial charge in [0.2, 0.25) is 0 Å². The molecule has 0 heterocycles. The standard InChI is InChI=1S/C14H22ClNO/c1-3-4-5-6-7-8-17-14-10-12(15)13(16)9-11(14)2/h9-10H,3-8,16H2,1-2H3. The SMILES string of the molecule is CCCCCCCOc1cc(Cl)c(N)cc1C. The first-order chi connectivity index (χ1) is 8.15. The van der Waals surface area contributed by atoms with Crippen LogP contribution in [0, 0.1) is 6.92 Å². The molecule has 0 bridgehead atoms. The summed E-state index contributed by atoms with van der Waals surface area (Å²) >= 11 is 5.96. The van der Waals surface area contributed by atoms with Crippen LogP contribution in [0.5, 0.6) is 5.75 Å². The van der Waals surface area contributed by atoms with Crippen molar-refractivity contribution in [3.05, 3.63) is 22.7 Å². The number of ether oxygens (including phenoxy) is 1. The lowest BCUT2D eigenvalue weighted by molar-refractivity contribution is 0.302. The lowest BCUT2D eigenvalue weighted by Crippen LogP contribution is -2.00. The monoisotopic (exact) mass is 255 g/mol. The fraction of sp³-hybridized carbons (Fsp3) is 0.571. The van der Waals surface area contributed by atoms with E-state index in [0.29, 0.717) is 10.7 Å². The lowest BCUT2D eigenvalue weighted by atomic mass is 10.1. The first kappa shape index (κ1) is 14.2. The van der Waals surface area contributed by atoms with E-state index >= 15 is 0 Å². The Balaban J connectivity index is 2.34. The van der Waals surface area contributed by atoms with Gasteiger partial charge in [-0.3, -0.25) is 0 Å². The first-order valence-corrected chi connectivity index (χ1v) is 6.71. The quantitative estimate of drug-likeness (QED) is 0.572. The normalized spacial score (nSPS) is 10.5. The molecule has 0 radical (unpaired) electrons. The third-order valence-electron chi connectivity index (χ3n) is 2.80. The van der Waals surface area contributed by atoms with Gasteiger partial charge < -0.3 is 10.5 Å². The number of aryl methyl sites for hydroxylation is 1. The summed E-state index contributed by atoms with van der Waals surface area (Å²) in [6.07, 6.45) is 6.21. The third kappa shape index (κ3) is 4.86. The zero-order valence-corrected chi connectivity index (χ0v) is 11.5. The maximum atomic E-state index is 5.96. The highest BCUT2D eigenvalue weighted by molar-refractivity contribution is 6.33. The molecule has 0 fully saturated rings. The number of rotatable bonds is 7. The van der Waals surface area contributed by atoms with Crippen LogP contribution in [0.3, 0.4) is 0 Å². The minimum absolute atomic E-state index is 0.566. The average molecular weight is 256 g/mol. The highest BCUT2D eigenvalue weighted by Crippen LogP contribution is 2.28. The Morgan fingerprint density at radius 2 is 1.88 bits per heavy atom. The first-order valence-electron chi connectivity index (χ1n) is 6.33. The number of nitrogen functional groups attached to an aromatic ring is 1. The van der Waals surface area contributed by atoms with Gasteiger partial charge in [-0.05, 0) is 25.0 Å². The Morgan fingerprint density at radius 3 is 2.59 bits per heavy atom. The average Bonchev–Trinajstić information content (AvgIpc) is 2.30. The van der Waals surface area contributed by atoms with Crippen LogP contribution in [0.15, 0.2) is 12.1 Å². The minimum Gasteiger partial charge on any atom is -0.493 e. The molecule has 0 aliphatic heterocycles. The van der Waals surface area contributed by atoms with Crippen LogP contribution >= 0.6 is 11.6 Å². The molecule has 1 aromatic rings. The largest absolute Gasteiger partial charge is 0.493 e. The van der Waals surface area contributed by atoms with E-state index in [9.17, 15) is 0 Å². The summed E-state index contributed by atoms with van der Waals surface area (Å²) in [6.45, 7) is 4.96. The van der Waals surface area contributed by atoms with Crippen LogP contribution in [0.4, 0.5) is 5.69 Å². The van der Waals surface area contributed by atoms with Gasteiger partial charge in [-0.2, -0.15) is 0 Å². The van der Waals surface area contributed by atoms with Gasteiger partial charge in [0.25, 0.3) is 0 Å². The van der Waals surface area contributed by atoms with Gasteiger partial charge >= 0.3 is 0 Å². The van der Waals surface area contributed by atoms with Crippen molar-refractivity contribution in [2.45, 2.75) is 46.0 Å². The predicted molar refractivity (Wildman–Crippen MR) is 74.9 cm³/mol. The Hall–Kier alpha value is -0.890. The van der Waals surface area contributed by atoms with Crippen LogP contribution in [0.1, 0.15) is 44.6 Å². The second-order valence-electron chi connectivity index (χ2n) is 4.40. The van der Waals surface area contributed by atoms with E-state index < -0.39 is 0 Å². The van der Waals surface area contributed by atoms with E-state index in [1.54, 1.807) is 6.07 Å². The highest BCUT2D eigenvalue weighted by atomic mass is 35.5. The maximum absolute atomic E-state index is 5.96. The maximum Gasteiger partial charge on any atom is 0.123 e. The van der Waals surface area contributed by atoms with Crippen molar-refractivity contribution < 1.29 is 4.74 Å². The molecule has 3 heteroatoms. The molecule has 2 nitrogen and oxygen atoms in total. The minimum atomic E-state index is 0.566. The lowest BCUT2D eigenvalue weighted by Gasteiger charge is -2.10. The molecule has 0 unspecified atom stereocenters. The molecule has 1 aromatic carbocycles. The fourth-order valence-corrected chi connectivity index (χ4v) is 1.88. The predicted octanol–water partition coefficient (Wildman–Crippen LogP) is 4.58. The summed E-state index contributed by atoms with van der Waals surface area (Å²) in [7, 11) is 0. The summed E-state index contributed by atoms with van der Waals surface area (Å²) in [6, 6.07) is 3.66. The summed E-state index contributed by atoms with van der Waals surface area (Å²) in [5.41, 5.74) is 7.36. The van der Waals surface area contributed by atoms with Crippen molar-refractivity contribution in [1.29, 1.82) is 0 Å². The Labute approximate surface area is 109 Å². The van der Waals surface area contributed by atoms with Crippen molar-refractivity contribution in [2.24, 2.45) is 0 Å². The molecular formula is C14H22ClNO. The van der Waals surface area contributed by atoms with Crippen molar-refractivity contribution in [2.75, 3.05) is 12.3 Å². The van der Waals surface area contributed by atoms with E-state index in [4.69, 9.17) is 22.1 Å². The van der Waals surface area contributed by atoms with Gasteiger partial charge in [0.1, 0.15) is 5.75 Å². The van der Waals surface area contributed by atoms with E-state index in [1.165, 1.54) is 25.7 Å².